The van der Waals surface area contributed by atoms with Gasteiger partial charge in [-0.05, 0) is 38.1 Å². The SMILES string of the molecule is CC(=O)c1ccccc1NC(=O)[C@H](C)Sc1nnc(Nc2ccccc2)s1. The van der Waals surface area contributed by atoms with Crippen LogP contribution in [0.3, 0.4) is 0 Å². The van der Waals surface area contributed by atoms with Crippen molar-refractivity contribution in [3.05, 3.63) is 60.2 Å². The van der Waals surface area contributed by atoms with Gasteiger partial charge in [0.05, 0.1) is 10.9 Å². The van der Waals surface area contributed by atoms with Gasteiger partial charge in [-0.25, -0.2) is 0 Å². The van der Waals surface area contributed by atoms with Crippen LogP contribution in [0.1, 0.15) is 24.2 Å². The molecule has 0 bridgehead atoms. The van der Waals surface area contributed by atoms with E-state index in [-0.39, 0.29) is 16.9 Å². The molecule has 1 amide bonds. The van der Waals surface area contributed by atoms with Gasteiger partial charge in [0.2, 0.25) is 11.0 Å². The van der Waals surface area contributed by atoms with Crippen molar-refractivity contribution >= 4 is 51.3 Å². The van der Waals surface area contributed by atoms with Crippen LogP contribution in [0, 0.1) is 0 Å². The Morgan fingerprint density at radius 1 is 1.04 bits per heavy atom. The van der Waals surface area contributed by atoms with Crippen molar-refractivity contribution in [2.24, 2.45) is 0 Å². The van der Waals surface area contributed by atoms with Gasteiger partial charge in [-0.1, -0.05) is 53.4 Å². The number of Topliss-reactive ketones (excluding diaryl/α,β-unsaturated/α-hetero) is 1. The highest BCUT2D eigenvalue weighted by Crippen LogP contribution is 2.31. The number of amides is 1. The summed E-state index contributed by atoms with van der Waals surface area (Å²) in [7, 11) is 0. The Bertz CT molecular complexity index is 944. The molecule has 2 N–H and O–H groups in total. The minimum atomic E-state index is -0.387. The number of nitrogens with one attached hydrogen (secondary N) is 2. The van der Waals surface area contributed by atoms with Crippen LogP contribution in [0.2, 0.25) is 0 Å². The summed E-state index contributed by atoms with van der Waals surface area (Å²) < 4.78 is 0.691. The van der Waals surface area contributed by atoms with Crippen molar-refractivity contribution < 1.29 is 9.59 Å². The van der Waals surface area contributed by atoms with Gasteiger partial charge in [-0.2, -0.15) is 0 Å². The van der Waals surface area contributed by atoms with Crippen LogP contribution in [0.5, 0.6) is 0 Å². The zero-order valence-electron chi connectivity index (χ0n) is 14.8. The highest BCUT2D eigenvalue weighted by Gasteiger charge is 2.19. The standard InChI is InChI=1S/C19H18N4O2S2/c1-12(24)15-10-6-7-11-16(15)21-17(25)13(2)26-19-23-22-18(27-19)20-14-8-4-3-5-9-14/h3-11,13H,1-2H3,(H,20,22)(H,21,25)/t13-/m0/s1. The van der Waals surface area contributed by atoms with Crippen LogP contribution in [-0.2, 0) is 4.79 Å². The Morgan fingerprint density at radius 2 is 1.74 bits per heavy atom. The number of hydrogen-bond acceptors (Lipinski definition) is 7. The van der Waals surface area contributed by atoms with Gasteiger partial charge in [0.25, 0.3) is 0 Å². The molecule has 138 valence electrons. The molecule has 0 aliphatic carbocycles. The first kappa shape index (κ1) is 19.1. The number of aromatic nitrogens is 2. The van der Waals surface area contributed by atoms with Crippen LogP contribution in [0.4, 0.5) is 16.5 Å². The van der Waals surface area contributed by atoms with Gasteiger partial charge in [0.15, 0.2) is 10.1 Å². The fourth-order valence-electron chi connectivity index (χ4n) is 2.29. The second-order valence-electron chi connectivity index (χ2n) is 5.72. The molecule has 6 nitrogen and oxygen atoms in total. The molecular weight excluding hydrogens is 380 g/mol. The number of rotatable bonds is 7. The first-order valence-electron chi connectivity index (χ1n) is 8.26. The highest BCUT2D eigenvalue weighted by atomic mass is 32.2. The molecule has 0 unspecified atom stereocenters. The van der Waals surface area contributed by atoms with E-state index in [9.17, 15) is 9.59 Å². The lowest BCUT2D eigenvalue weighted by atomic mass is 10.1. The maximum absolute atomic E-state index is 12.5. The summed E-state index contributed by atoms with van der Waals surface area (Å²) in [4.78, 5) is 24.2. The van der Waals surface area contributed by atoms with Gasteiger partial charge in [0, 0.05) is 11.3 Å². The number of carbonyl (C=O) groups is 2. The van der Waals surface area contributed by atoms with Gasteiger partial charge in [-0.15, -0.1) is 10.2 Å². The van der Waals surface area contributed by atoms with Crippen LogP contribution in [0.15, 0.2) is 58.9 Å². The molecule has 2 aromatic carbocycles. The van der Waals surface area contributed by atoms with Crippen molar-refractivity contribution in [3.8, 4) is 0 Å². The third-order valence-electron chi connectivity index (χ3n) is 3.64. The molecule has 3 aromatic rings. The van der Waals surface area contributed by atoms with Crippen LogP contribution < -0.4 is 10.6 Å². The zero-order valence-corrected chi connectivity index (χ0v) is 16.4. The topological polar surface area (TPSA) is 84.0 Å². The fraction of sp³-hybridized carbons (Fsp3) is 0.158. The molecule has 0 saturated carbocycles. The van der Waals surface area contributed by atoms with E-state index in [1.807, 2.05) is 30.3 Å². The Morgan fingerprint density at radius 3 is 2.48 bits per heavy atom. The smallest absolute Gasteiger partial charge is 0.237 e. The second kappa shape index (κ2) is 8.79. The lowest BCUT2D eigenvalue weighted by molar-refractivity contribution is -0.115. The van der Waals surface area contributed by atoms with Crippen molar-refractivity contribution in [1.82, 2.24) is 10.2 Å². The zero-order chi connectivity index (χ0) is 19.2. The Kier molecular flexibility index (Phi) is 6.20. The normalized spacial score (nSPS) is 11.6. The van der Waals surface area contributed by atoms with Gasteiger partial charge in [-0.3, -0.25) is 9.59 Å². The van der Waals surface area contributed by atoms with Crippen molar-refractivity contribution in [1.29, 1.82) is 0 Å². The van der Waals surface area contributed by atoms with E-state index in [4.69, 9.17) is 0 Å². The number of hydrogen-bond donors (Lipinski definition) is 2. The quantitative estimate of drug-likeness (QED) is 0.447. The fourth-order valence-corrected chi connectivity index (χ4v) is 4.21. The first-order valence-corrected chi connectivity index (χ1v) is 9.95. The number of carbonyl (C=O) groups excluding carboxylic acids is 2. The molecule has 3 rings (SSSR count). The predicted molar refractivity (Wildman–Crippen MR) is 110 cm³/mol. The van der Waals surface area contributed by atoms with E-state index in [0.717, 1.165) is 5.69 Å². The van der Waals surface area contributed by atoms with Crippen LogP contribution in [0.25, 0.3) is 0 Å². The van der Waals surface area contributed by atoms with Gasteiger partial charge in [0.1, 0.15) is 0 Å². The van der Waals surface area contributed by atoms with Gasteiger partial charge < -0.3 is 10.6 Å². The minimum absolute atomic E-state index is 0.0908. The molecule has 0 saturated heterocycles. The molecule has 1 aromatic heterocycles. The van der Waals surface area contributed by atoms with Gasteiger partial charge >= 0.3 is 0 Å². The Hall–Kier alpha value is -2.71. The third kappa shape index (κ3) is 5.15. The van der Waals surface area contributed by atoms with Crippen molar-refractivity contribution in [3.63, 3.8) is 0 Å². The maximum atomic E-state index is 12.5. The highest BCUT2D eigenvalue weighted by molar-refractivity contribution is 8.02. The summed E-state index contributed by atoms with van der Waals surface area (Å²) in [6, 6.07) is 16.7. The summed E-state index contributed by atoms with van der Waals surface area (Å²) >= 11 is 2.71. The average molecular weight is 399 g/mol. The van der Waals surface area contributed by atoms with Crippen molar-refractivity contribution in [2.45, 2.75) is 23.4 Å². The average Bonchev–Trinajstić information content (AvgIpc) is 3.09. The predicted octanol–water partition coefficient (Wildman–Crippen LogP) is 4.60. The van der Waals surface area contributed by atoms with E-state index < -0.39 is 0 Å². The summed E-state index contributed by atoms with van der Waals surface area (Å²) in [6.07, 6.45) is 0. The molecule has 1 heterocycles. The Balaban J connectivity index is 1.61. The number of para-hydroxylation sites is 2. The van der Waals surface area contributed by atoms with E-state index in [1.165, 1.54) is 30.0 Å². The molecule has 0 spiro atoms. The van der Waals surface area contributed by atoms with Crippen molar-refractivity contribution in [2.75, 3.05) is 10.6 Å². The third-order valence-corrected chi connectivity index (χ3v) is 5.67. The summed E-state index contributed by atoms with van der Waals surface area (Å²) in [5.41, 5.74) is 1.94. The van der Waals surface area contributed by atoms with E-state index >= 15 is 0 Å². The summed E-state index contributed by atoms with van der Waals surface area (Å²) in [5.74, 6) is -0.284. The lowest BCUT2D eigenvalue weighted by Gasteiger charge is -2.12. The molecule has 0 fully saturated rings. The van der Waals surface area contributed by atoms with Crippen LogP contribution in [-0.4, -0.2) is 27.1 Å². The van der Waals surface area contributed by atoms with E-state index in [2.05, 4.69) is 20.8 Å². The second-order valence-corrected chi connectivity index (χ2v) is 8.28. The Labute approximate surface area is 165 Å². The van der Waals surface area contributed by atoms with E-state index in [0.29, 0.717) is 20.7 Å². The number of nitrogens with zero attached hydrogens (tertiary/aromatic N) is 2. The monoisotopic (exact) mass is 398 g/mol. The molecular formula is C19H18N4O2S2. The number of anilines is 3. The number of benzene rings is 2. The molecule has 0 aliphatic heterocycles. The minimum Gasteiger partial charge on any atom is -0.330 e. The van der Waals surface area contributed by atoms with Crippen LogP contribution >= 0.6 is 23.1 Å². The largest absolute Gasteiger partial charge is 0.330 e. The van der Waals surface area contributed by atoms with E-state index in [1.54, 1.807) is 31.2 Å². The summed E-state index contributed by atoms with van der Waals surface area (Å²) in [6.45, 7) is 3.27. The first-order chi connectivity index (χ1) is 13.0. The number of thioether (sulfide) groups is 1. The molecule has 1 atom stereocenters. The maximum Gasteiger partial charge on any atom is 0.237 e. The number of ketones is 1. The molecule has 8 heteroatoms. The molecule has 0 radical (unpaired) electrons. The summed E-state index contributed by atoms with van der Waals surface area (Å²) in [5, 5.41) is 14.5. The lowest BCUT2D eigenvalue weighted by Crippen LogP contribution is -2.23. The molecule has 27 heavy (non-hydrogen) atoms. The molecule has 0 aliphatic rings.